The van der Waals surface area contributed by atoms with Gasteiger partial charge in [-0.15, -0.1) is 0 Å². The molecule has 0 heterocycles. The number of methoxy groups -OCH3 is 1. The molecule has 0 saturated carbocycles. The largest absolute Gasteiger partial charge is 0.377 e. The Morgan fingerprint density at radius 1 is 0.600 bits per heavy atom. The van der Waals surface area contributed by atoms with Crippen LogP contribution >= 0.6 is 0 Å². The van der Waals surface area contributed by atoms with Crippen LogP contribution in [0.3, 0.4) is 0 Å². The van der Waals surface area contributed by atoms with Crippen molar-refractivity contribution in [3.63, 3.8) is 0 Å². The maximum Gasteiger partial charge on any atom is 0.157 e. The standard InChI is InChI=1S/C20H43NO9/c1-6-20(21)15-25-10-9-23-7-8-24-11-12-27-18(3)29-16-30-19(4)28-14-13-26-17(2)22-5/h17-20H,6-16,21H2,1-5H3. The highest BCUT2D eigenvalue weighted by Gasteiger charge is 2.06. The van der Waals surface area contributed by atoms with E-state index in [1.54, 1.807) is 21.0 Å². The van der Waals surface area contributed by atoms with Crippen LogP contribution in [0.15, 0.2) is 0 Å². The van der Waals surface area contributed by atoms with Crippen LogP contribution in [-0.4, -0.2) is 98.3 Å². The summed E-state index contributed by atoms with van der Waals surface area (Å²) in [6.07, 6.45) is -0.158. The molecule has 0 rings (SSSR count). The molecular formula is C20H43NO9. The fraction of sp³-hybridized carbons (Fsp3) is 1.00. The van der Waals surface area contributed by atoms with Gasteiger partial charge in [0.1, 0.15) is 0 Å². The molecule has 0 aromatic rings. The first-order valence-electron chi connectivity index (χ1n) is 10.6. The molecule has 0 aliphatic heterocycles. The Hall–Kier alpha value is -0.400. The van der Waals surface area contributed by atoms with Gasteiger partial charge >= 0.3 is 0 Å². The second-order valence-electron chi connectivity index (χ2n) is 6.47. The summed E-state index contributed by atoms with van der Waals surface area (Å²) >= 11 is 0. The molecule has 4 unspecified atom stereocenters. The third kappa shape index (κ3) is 20.9. The minimum Gasteiger partial charge on any atom is -0.377 e. The second-order valence-corrected chi connectivity index (χ2v) is 6.47. The smallest absolute Gasteiger partial charge is 0.157 e. The van der Waals surface area contributed by atoms with Crippen LogP contribution in [-0.2, 0) is 42.6 Å². The van der Waals surface area contributed by atoms with Crippen molar-refractivity contribution in [1.29, 1.82) is 0 Å². The van der Waals surface area contributed by atoms with Gasteiger partial charge in [-0.25, -0.2) is 0 Å². The van der Waals surface area contributed by atoms with E-state index < -0.39 is 12.6 Å². The van der Waals surface area contributed by atoms with Gasteiger partial charge in [-0.2, -0.15) is 0 Å². The van der Waals surface area contributed by atoms with Crippen LogP contribution < -0.4 is 5.73 Å². The molecule has 0 saturated heterocycles. The van der Waals surface area contributed by atoms with E-state index in [2.05, 4.69) is 0 Å². The Labute approximate surface area is 181 Å². The first-order valence-corrected chi connectivity index (χ1v) is 10.6. The zero-order valence-corrected chi connectivity index (χ0v) is 19.3. The zero-order valence-electron chi connectivity index (χ0n) is 19.3. The van der Waals surface area contributed by atoms with Gasteiger partial charge in [0, 0.05) is 13.2 Å². The Bertz CT molecular complexity index is 352. The lowest BCUT2D eigenvalue weighted by Crippen LogP contribution is -2.26. The normalized spacial score (nSPS) is 15.8. The Kier molecular flexibility index (Phi) is 21.5. The summed E-state index contributed by atoms with van der Waals surface area (Å²) in [6, 6.07) is 0.0957. The number of hydrogen-bond donors (Lipinski definition) is 1. The van der Waals surface area contributed by atoms with E-state index in [4.69, 9.17) is 48.4 Å². The van der Waals surface area contributed by atoms with E-state index in [9.17, 15) is 0 Å². The van der Waals surface area contributed by atoms with Crippen molar-refractivity contribution in [3.8, 4) is 0 Å². The van der Waals surface area contributed by atoms with Gasteiger partial charge in [0.15, 0.2) is 25.7 Å². The van der Waals surface area contributed by atoms with Crippen molar-refractivity contribution in [2.24, 2.45) is 5.73 Å². The fourth-order valence-corrected chi connectivity index (χ4v) is 1.89. The van der Waals surface area contributed by atoms with Crippen LogP contribution in [0.4, 0.5) is 0 Å². The van der Waals surface area contributed by atoms with Gasteiger partial charge in [-0.1, -0.05) is 6.92 Å². The Morgan fingerprint density at radius 3 is 1.53 bits per heavy atom. The quantitative estimate of drug-likeness (QED) is 0.185. The molecule has 0 spiro atoms. The van der Waals surface area contributed by atoms with Crippen LogP contribution in [0.25, 0.3) is 0 Å². The van der Waals surface area contributed by atoms with Crippen LogP contribution in [0.2, 0.25) is 0 Å². The molecule has 0 fully saturated rings. The first kappa shape index (κ1) is 29.6. The summed E-state index contributed by atoms with van der Waals surface area (Å²) < 4.78 is 48.2. The van der Waals surface area contributed by atoms with E-state index in [0.29, 0.717) is 59.5 Å². The van der Waals surface area contributed by atoms with Crippen molar-refractivity contribution >= 4 is 0 Å². The van der Waals surface area contributed by atoms with E-state index in [-0.39, 0.29) is 19.1 Å². The Morgan fingerprint density at radius 2 is 1.03 bits per heavy atom. The monoisotopic (exact) mass is 441 g/mol. The molecule has 0 aliphatic carbocycles. The predicted molar refractivity (Wildman–Crippen MR) is 111 cm³/mol. The van der Waals surface area contributed by atoms with E-state index in [1.807, 2.05) is 13.8 Å². The molecule has 2 N–H and O–H groups in total. The minimum absolute atomic E-state index is 0.0671. The van der Waals surface area contributed by atoms with Crippen LogP contribution in [0, 0.1) is 0 Å². The first-order chi connectivity index (χ1) is 14.5. The lowest BCUT2D eigenvalue weighted by molar-refractivity contribution is -0.241. The SMILES string of the molecule is CCC(N)COCCOCCOCCOC(C)OCOC(C)OCCOC(C)OC. The highest BCUT2D eigenvalue weighted by atomic mass is 16.8. The lowest BCUT2D eigenvalue weighted by atomic mass is 10.3. The summed E-state index contributed by atoms with van der Waals surface area (Å²) in [5, 5.41) is 0. The Balaban J connectivity index is 3.32. The molecular weight excluding hydrogens is 398 g/mol. The molecule has 10 nitrogen and oxygen atoms in total. The topological polar surface area (TPSA) is 109 Å². The molecule has 0 bridgehead atoms. The van der Waals surface area contributed by atoms with E-state index in [0.717, 1.165) is 6.42 Å². The molecule has 10 heteroatoms. The van der Waals surface area contributed by atoms with Gasteiger partial charge in [0.25, 0.3) is 0 Å². The van der Waals surface area contributed by atoms with Gasteiger partial charge < -0.3 is 48.4 Å². The maximum absolute atomic E-state index is 5.75. The van der Waals surface area contributed by atoms with Crippen molar-refractivity contribution in [2.75, 3.05) is 73.4 Å². The predicted octanol–water partition coefficient (Wildman–Crippen LogP) is 1.50. The summed E-state index contributed by atoms with van der Waals surface area (Å²) in [7, 11) is 1.59. The van der Waals surface area contributed by atoms with E-state index >= 15 is 0 Å². The molecule has 0 aromatic carbocycles. The molecule has 0 aliphatic rings. The van der Waals surface area contributed by atoms with Crippen molar-refractivity contribution in [1.82, 2.24) is 0 Å². The fourth-order valence-electron chi connectivity index (χ4n) is 1.89. The van der Waals surface area contributed by atoms with Gasteiger partial charge in [0.05, 0.1) is 59.5 Å². The highest BCUT2D eigenvalue weighted by molar-refractivity contribution is 4.54. The van der Waals surface area contributed by atoms with Crippen LogP contribution in [0.5, 0.6) is 0 Å². The molecule has 0 radical (unpaired) electrons. The maximum atomic E-state index is 5.75. The van der Waals surface area contributed by atoms with Crippen LogP contribution in [0.1, 0.15) is 34.1 Å². The average molecular weight is 442 g/mol. The summed E-state index contributed by atoms with van der Waals surface area (Å²) in [6.45, 7) is 11.8. The van der Waals surface area contributed by atoms with Crippen molar-refractivity contribution < 1.29 is 42.6 Å². The third-order valence-electron chi connectivity index (χ3n) is 3.91. The number of rotatable bonds is 23. The molecule has 0 aromatic heterocycles. The van der Waals surface area contributed by atoms with E-state index in [1.165, 1.54) is 0 Å². The summed E-state index contributed by atoms with van der Waals surface area (Å²) in [4.78, 5) is 0. The molecule has 182 valence electrons. The van der Waals surface area contributed by atoms with Crippen molar-refractivity contribution in [3.05, 3.63) is 0 Å². The number of ether oxygens (including phenoxy) is 9. The average Bonchev–Trinajstić information content (AvgIpc) is 2.74. The highest BCUT2D eigenvalue weighted by Crippen LogP contribution is 1.99. The second kappa shape index (κ2) is 21.8. The summed E-state index contributed by atoms with van der Waals surface area (Å²) in [5.74, 6) is 0. The molecule has 0 amide bonds. The number of hydrogen-bond acceptors (Lipinski definition) is 10. The zero-order chi connectivity index (χ0) is 22.5. The lowest BCUT2D eigenvalue weighted by Gasteiger charge is -2.18. The minimum atomic E-state index is -0.408. The molecule has 4 atom stereocenters. The summed E-state index contributed by atoms with van der Waals surface area (Å²) in [5.41, 5.74) is 5.75. The van der Waals surface area contributed by atoms with Gasteiger partial charge in [-0.3, -0.25) is 0 Å². The van der Waals surface area contributed by atoms with Gasteiger partial charge in [-0.05, 0) is 27.2 Å². The number of nitrogens with two attached hydrogens (primary N) is 1. The van der Waals surface area contributed by atoms with Crippen molar-refractivity contribution in [2.45, 2.75) is 59.0 Å². The van der Waals surface area contributed by atoms with Gasteiger partial charge in [0.2, 0.25) is 0 Å². The molecule has 30 heavy (non-hydrogen) atoms. The third-order valence-corrected chi connectivity index (χ3v) is 3.91.